The third-order valence-corrected chi connectivity index (χ3v) is 2.87. The quantitative estimate of drug-likeness (QED) is 0.810. The van der Waals surface area contributed by atoms with Crippen LogP contribution in [0.3, 0.4) is 0 Å². The number of carbonyl (C=O) groups excluding carboxylic acids is 2. The number of nitrogens with zero attached hydrogens (tertiary/aromatic N) is 1. The van der Waals surface area contributed by atoms with E-state index in [9.17, 15) is 9.59 Å². The van der Waals surface area contributed by atoms with Crippen LogP contribution in [-0.4, -0.2) is 29.8 Å². The number of rotatable bonds is 6. The molecule has 0 unspecified atom stereocenters. The van der Waals surface area contributed by atoms with Crippen LogP contribution in [0.1, 0.15) is 36.7 Å². The minimum absolute atomic E-state index is 0.00146. The Bertz CT molecular complexity index is 492. The Hall–Kier alpha value is -2.10. The highest BCUT2D eigenvalue weighted by Crippen LogP contribution is 2.09. The van der Waals surface area contributed by atoms with Crippen molar-refractivity contribution in [2.24, 2.45) is 0 Å². The molecule has 2 amide bonds. The van der Waals surface area contributed by atoms with Crippen LogP contribution in [0.4, 0.5) is 0 Å². The van der Waals surface area contributed by atoms with Crippen molar-refractivity contribution in [1.29, 1.82) is 0 Å². The molecule has 20 heavy (non-hydrogen) atoms. The van der Waals surface area contributed by atoms with Gasteiger partial charge in [-0.1, -0.05) is 24.3 Å². The highest BCUT2D eigenvalue weighted by atomic mass is 16.2. The molecular formula is C16H22N2O2. The van der Waals surface area contributed by atoms with Gasteiger partial charge in [-0.25, -0.2) is 0 Å². The Kier molecular flexibility index (Phi) is 5.97. The van der Waals surface area contributed by atoms with Crippen LogP contribution in [0.15, 0.2) is 36.4 Å². The Labute approximate surface area is 120 Å². The zero-order chi connectivity index (χ0) is 15.1. The van der Waals surface area contributed by atoms with Crippen molar-refractivity contribution in [1.82, 2.24) is 10.2 Å². The first-order chi connectivity index (χ1) is 9.43. The van der Waals surface area contributed by atoms with Gasteiger partial charge in [0.15, 0.2) is 0 Å². The molecular weight excluding hydrogens is 252 g/mol. The summed E-state index contributed by atoms with van der Waals surface area (Å²) in [6.45, 7) is 10.9. The fourth-order valence-electron chi connectivity index (χ4n) is 1.83. The van der Waals surface area contributed by atoms with Crippen molar-refractivity contribution in [3.05, 3.63) is 47.5 Å². The summed E-state index contributed by atoms with van der Waals surface area (Å²) in [7, 11) is 0. The smallest absolute Gasteiger partial charge is 0.254 e. The van der Waals surface area contributed by atoms with E-state index in [4.69, 9.17) is 0 Å². The standard InChI is InChI=1S/C16H22N2O2/c1-5-18(11-12(2)3)16(20)15-8-6-14(7-9-15)10-17-13(4)19/h6-9H,2,5,10-11H2,1,3-4H3,(H,17,19). The lowest BCUT2D eigenvalue weighted by atomic mass is 10.1. The van der Waals surface area contributed by atoms with E-state index in [-0.39, 0.29) is 11.8 Å². The average molecular weight is 274 g/mol. The van der Waals surface area contributed by atoms with Crippen molar-refractivity contribution in [3.63, 3.8) is 0 Å². The highest BCUT2D eigenvalue weighted by molar-refractivity contribution is 5.94. The molecule has 0 heterocycles. The Morgan fingerprint density at radius 1 is 1.20 bits per heavy atom. The summed E-state index contributed by atoms with van der Waals surface area (Å²) < 4.78 is 0. The van der Waals surface area contributed by atoms with Gasteiger partial charge in [0.05, 0.1) is 0 Å². The summed E-state index contributed by atoms with van der Waals surface area (Å²) >= 11 is 0. The van der Waals surface area contributed by atoms with Gasteiger partial charge in [0.1, 0.15) is 0 Å². The fourth-order valence-corrected chi connectivity index (χ4v) is 1.83. The molecule has 0 aliphatic heterocycles. The van der Waals surface area contributed by atoms with Crippen LogP contribution >= 0.6 is 0 Å². The number of nitrogens with one attached hydrogen (secondary N) is 1. The van der Waals surface area contributed by atoms with Crippen LogP contribution in [0.5, 0.6) is 0 Å². The fraction of sp³-hybridized carbons (Fsp3) is 0.375. The van der Waals surface area contributed by atoms with Crippen molar-refractivity contribution in [3.8, 4) is 0 Å². The first-order valence-corrected chi connectivity index (χ1v) is 6.71. The predicted octanol–water partition coefficient (Wildman–Crippen LogP) is 2.36. The minimum Gasteiger partial charge on any atom is -0.352 e. The molecule has 0 bridgehead atoms. The lowest BCUT2D eigenvalue weighted by Crippen LogP contribution is -2.32. The molecule has 0 saturated heterocycles. The molecule has 0 fully saturated rings. The van der Waals surface area contributed by atoms with Gasteiger partial charge in [-0.3, -0.25) is 9.59 Å². The molecule has 0 spiro atoms. The minimum atomic E-state index is -0.0660. The molecule has 4 heteroatoms. The molecule has 1 rings (SSSR count). The predicted molar refractivity (Wildman–Crippen MR) is 80.4 cm³/mol. The normalized spacial score (nSPS) is 9.95. The number of amides is 2. The van der Waals surface area contributed by atoms with Gasteiger partial charge in [-0.15, -0.1) is 0 Å². The summed E-state index contributed by atoms with van der Waals surface area (Å²) in [6, 6.07) is 7.30. The van der Waals surface area contributed by atoms with Gasteiger partial charge in [0, 0.05) is 32.1 Å². The van der Waals surface area contributed by atoms with Crippen LogP contribution in [0.2, 0.25) is 0 Å². The molecule has 0 saturated carbocycles. The van der Waals surface area contributed by atoms with Gasteiger partial charge < -0.3 is 10.2 Å². The van der Waals surface area contributed by atoms with Gasteiger partial charge in [0.2, 0.25) is 5.91 Å². The highest BCUT2D eigenvalue weighted by Gasteiger charge is 2.13. The van der Waals surface area contributed by atoms with E-state index in [0.717, 1.165) is 11.1 Å². The zero-order valence-electron chi connectivity index (χ0n) is 12.4. The maximum absolute atomic E-state index is 12.3. The van der Waals surface area contributed by atoms with E-state index in [1.54, 1.807) is 17.0 Å². The van der Waals surface area contributed by atoms with Crippen molar-refractivity contribution >= 4 is 11.8 Å². The molecule has 1 N–H and O–H groups in total. The summed E-state index contributed by atoms with van der Waals surface area (Å²) in [5.41, 5.74) is 2.59. The van der Waals surface area contributed by atoms with Crippen molar-refractivity contribution in [2.75, 3.05) is 13.1 Å². The number of likely N-dealkylation sites (N-methyl/N-ethyl adjacent to an activating group) is 1. The molecule has 0 radical (unpaired) electrons. The monoisotopic (exact) mass is 274 g/mol. The first-order valence-electron chi connectivity index (χ1n) is 6.71. The van der Waals surface area contributed by atoms with Gasteiger partial charge in [0.25, 0.3) is 5.91 Å². The van der Waals surface area contributed by atoms with E-state index in [0.29, 0.717) is 25.2 Å². The third kappa shape index (κ3) is 4.88. The maximum atomic E-state index is 12.3. The zero-order valence-corrected chi connectivity index (χ0v) is 12.4. The largest absolute Gasteiger partial charge is 0.352 e. The third-order valence-electron chi connectivity index (χ3n) is 2.87. The second kappa shape index (κ2) is 7.48. The van der Waals surface area contributed by atoms with Crippen molar-refractivity contribution in [2.45, 2.75) is 27.3 Å². The number of hydrogen-bond acceptors (Lipinski definition) is 2. The van der Waals surface area contributed by atoms with Gasteiger partial charge >= 0.3 is 0 Å². The van der Waals surface area contributed by atoms with Crippen molar-refractivity contribution < 1.29 is 9.59 Å². The Balaban J connectivity index is 2.73. The number of hydrogen-bond donors (Lipinski definition) is 1. The van der Waals surface area contributed by atoms with Crippen LogP contribution in [0, 0.1) is 0 Å². The summed E-state index contributed by atoms with van der Waals surface area (Å²) in [5, 5.41) is 2.72. The van der Waals surface area contributed by atoms with E-state index in [1.807, 2.05) is 26.0 Å². The summed E-state index contributed by atoms with van der Waals surface area (Å²) in [6.07, 6.45) is 0. The maximum Gasteiger partial charge on any atom is 0.254 e. The molecule has 0 aromatic heterocycles. The lowest BCUT2D eigenvalue weighted by molar-refractivity contribution is -0.119. The SMILES string of the molecule is C=C(C)CN(CC)C(=O)c1ccc(CNC(C)=O)cc1. The number of benzene rings is 1. The van der Waals surface area contributed by atoms with E-state index in [2.05, 4.69) is 11.9 Å². The molecule has 1 aromatic carbocycles. The van der Waals surface area contributed by atoms with Crippen LogP contribution < -0.4 is 5.32 Å². The second-order valence-electron chi connectivity index (χ2n) is 4.88. The Morgan fingerprint density at radius 2 is 1.80 bits per heavy atom. The molecule has 0 aliphatic rings. The van der Waals surface area contributed by atoms with E-state index >= 15 is 0 Å². The summed E-state index contributed by atoms with van der Waals surface area (Å²) in [4.78, 5) is 24.9. The van der Waals surface area contributed by atoms with Crippen LogP contribution in [-0.2, 0) is 11.3 Å². The van der Waals surface area contributed by atoms with Gasteiger partial charge in [-0.05, 0) is 31.5 Å². The van der Waals surface area contributed by atoms with E-state index < -0.39 is 0 Å². The lowest BCUT2D eigenvalue weighted by Gasteiger charge is -2.21. The molecule has 1 aromatic rings. The molecule has 0 atom stereocenters. The first kappa shape index (κ1) is 16.0. The average Bonchev–Trinajstić information content (AvgIpc) is 2.42. The van der Waals surface area contributed by atoms with Crippen LogP contribution in [0.25, 0.3) is 0 Å². The molecule has 0 aliphatic carbocycles. The Morgan fingerprint density at radius 3 is 2.25 bits per heavy atom. The topological polar surface area (TPSA) is 49.4 Å². The molecule has 108 valence electrons. The van der Waals surface area contributed by atoms with Gasteiger partial charge in [-0.2, -0.15) is 0 Å². The van der Waals surface area contributed by atoms with E-state index in [1.165, 1.54) is 6.92 Å². The number of carbonyl (C=O) groups is 2. The summed E-state index contributed by atoms with van der Waals surface area (Å²) in [5.74, 6) is -0.0645. The molecule has 4 nitrogen and oxygen atoms in total. The second-order valence-corrected chi connectivity index (χ2v) is 4.88.